The number of hydrogen-bond donors (Lipinski definition) is 0. The van der Waals surface area contributed by atoms with E-state index in [9.17, 15) is 9.59 Å². The molecule has 0 amide bonds. The summed E-state index contributed by atoms with van der Waals surface area (Å²) in [5, 5.41) is 0. The van der Waals surface area contributed by atoms with Crippen LogP contribution in [0.3, 0.4) is 0 Å². The summed E-state index contributed by atoms with van der Waals surface area (Å²) in [5.41, 5.74) is 1.40. The molecule has 0 spiro atoms. The van der Waals surface area contributed by atoms with E-state index < -0.39 is 11.6 Å². The molecule has 3 rings (SSSR count). The van der Waals surface area contributed by atoms with Crippen LogP contribution in [-0.4, -0.2) is 24.5 Å². The van der Waals surface area contributed by atoms with Crippen LogP contribution in [0.2, 0.25) is 0 Å². The first kappa shape index (κ1) is 22.1. The van der Waals surface area contributed by atoms with Gasteiger partial charge in [0.1, 0.15) is 22.7 Å². The van der Waals surface area contributed by atoms with Crippen LogP contribution in [-0.2, 0) is 4.79 Å². The van der Waals surface area contributed by atoms with Crippen LogP contribution in [0.15, 0.2) is 54.1 Å². The molecule has 0 aromatic heterocycles. The lowest BCUT2D eigenvalue weighted by Gasteiger charge is -2.29. The predicted molar refractivity (Wildman–Crippen MR) is 120 cm³/mol. The van der Waals surface area contributed by atoms with Crippen molar-refractivity contribution in [2.45, 2.75) is 33.3 Å². The molecule has 1 aliphatic heterocycles. The van der Waals surface area contributed by atoms with E-state index in [1.807, 2.05) is 32.1 Å². The van der Waals surface area contributed by atoms with Crippen LogP contribution in [0, 0.1) is 6.07 Å². The molecule has 0 bridgehead atoms. The Balaban J connectivity index is 2.15. The van der Waals surface area contributed by atoms with E-state index in [0.717, 1.165) is 5.56 Å². The maximum Gasteiger partial charge on any atom is 0.338 e. The standard InChI is InChI=1S/C26H25O5/c1-6-17(2)25(28)30-24-19-14-15-26(3,4)31-21(19)16-22(29-5)23(24)20(27)13-12-18-10-8-7-9-11-18/h6,8-16H,1-5H3/b13-12+,17-6+. The molecule has 0 saturated heterocycles. The van der Waals surface area contributed by atoms with Gasteiger partial charge < -0.3 is 14.2 Å². The lowest BCUT2D eigenvalue weighted by Crippen LogP contribution is -2.28. The summed E-state index contributed by atoms with van der Waals surface area (Å²) in [6, 6.07) is 11.8. The number of ether oxygens (including phenoxy) is 3. The van der Waals surface area contributed by atoms with E-state index in [1.54, 1.807) is 50.3 Å². The third-order valence-electron chi connectivity index (χ3n) is 4.86. The van der Waals surface area contributed by atoms with Crippen LogP contribution < -0.4 is 14.2 Å². The molecule has 0 aliphatic carbocycles. The van der Waals surface area contributed by atoms with E-state index in [4.69, 9.17) is 14.2 Å². The van der Waals surface area contributed by atoms with Crippen LogP contribution >= 0.6 is 0 Å². The van der Waals surface area contributed by atoms with Gasteiger partial charge in [0.15, 0.2) is 11.5 Å². The fourth-order valence-corrected chi connectivity index (χ4v) is 3.03. The zero-order valence-corrected chi connectivity index (χ0v) is 18.3. The Labute approximate surface area is 182 Å². The highest BCUT2D eigenvalue weighted by Gasteiger charge is 2.30. The van der Waals surface area contributed by atoms with Crippen molar-refractivity contribution < 1.29 is 23.8 Å². The third kappa shape index (κ3) is 4.94. The third-order valence-corrected chi connectivity index (χ3v) is 4.86. The van der Waals surface area contributed by atoms with Crippen molar-refractivity contribution in [3.05, 3.63) is 76.9 Å². The van der Waals surface area contributed by atoms with Gasteiger partial charge in [0.25, 0.3) is 0 Å². The van der Waals surface area contributed by atoms with E-state index in [1.165, 1.54) is 13.2 Å². The highest BCUT2D eigenvalue weighted by atomic mass is 16.5. The number of benzene rings is 2. The Morgan fingerprint density at radius 2 is 1.90 bits per heavy atom. The molecule has 5 heteroatoms. The Bertz CT molecular complexity index is 1090. The van der Waals surface area contributed by atoms with Gasteiger partial charge in [-0.25, -0.2) is 4.79 Å². The SMILES string of the molecule is C/C=C(\C)C(=O)Oc1c2c(cc(OC)c1C(=O)/C=C/c1cc[c]cc1)OC(C)(C)C=C2. The van der Waals surface area contributed by atoms with Gasteiger partial charge in [0, 0.05) is 11.6 Å². The highest BCUT2D eigenvalue weighted by molar-refractivity contribution is 6.12. The van der Waals surface area contributed by atoms with Gasteiger partial charge in [-0.2, -0.15) is 0 Å². The molecule has 1 heterocycles. The fourth-order valence-electron chi connectivity index (χ4n) is 3.03. The van der Waals surface area contributed by atoms with E-state index in [2.05, 4.69) is 6.07 Å². The Kier molecular flexibility index (Phi) is 6.44. The van der Waals surface area contributed by atoms with Gasteiger partial charge >= 0.3 is 5.97 Å². The number of carbonyl (C=O) groups excluding carboxylic acids is 2. The summed E-state index contributed by atoms with van der Waals surface area (Å²) in [5.74, 6) is -0.0472. The van der Waals surface area contributed by atoms with Crippen LogP contribution in [0.1, 0.15) is 49.2 Å². The molecule has 1 aliphatic rings. The minimum Gasteiger partial charge on any atom is -0.496 e. The zero-order valence-electron chi connectivity index (χ0n) is 18.3. The van der Waals surface area contributed by atoms with Gasteiger partial charge in [-0.1, -0.05) is 36.4 Å². The van der Waals surface area contributed by atoms with Gasteiger partial charge in [-0.15, -0.1) is 0 Å². The second kappa shape index (κ2) is 9.04. The van der Waals surface area contributed by atoms with Gasteiger partial charge in [0.2, 0.25) is 0 Å². The molecule has 0 unspecified atom stereocenters. The summed E-state index contributed by atoms with van der Waals surface area (Å²) in [6.07, 6.45) is 8.42. The molecule has 5 nitrogen and oxygen atoms in total. The number of carbonyl (C=O) groups is 2. The number of hydrogen-bond acceptors (Lipinski definition) is 5. The fraction of sp³-hybridized carbons (Fsp3) is 0.231. The van der Waals surface area contributed by atoms with Crippen molar-refractivity contribution >= 4 is 23.9 Å². The van der Waals surface area contributed by atoms with E-state index in [-0.39, 0.29) is 22.8 Å². The van der Waals surface area contributed by atoms with Crippen molar-refractivity contribution in [3.8, 4) is 17.2 Å². The van der Waals surface area contributed by atoms with Crippen molar-refractivity contribution in [2.75, 3.05) is 7.11 Å². The van der Waals surface area contributed by atoms with Crippen molar-refractivity contribution in [1.29, 1.82) is 0 Å². The first-order valence-corrected chi connectivity index (χ1v) is 9.92. The summed E-state index contributed by atoms with van der Waals surface area (Å²) >= 11 is 0. The maximum absolute atomic E-state index is 13.2. The number of esters is 1. The van der Waals surface area contributed by atoms with E-state index in [0.29, 0.717) is 16.9 Å². The normalized spacial score (nSPS) is 14.7. The molecule has 0 N–H and O–H groups in total. The first-order chi connectivity index (χ1) is 14.8. The molecule has 2 aromatic rings. The predicted octanol–water partition coefficient (Wildman–Crippen LogP) is 5.45. The topological polar surface area (TPSA) is 61.8 Å². The molecular formula is C26H25O5. The molecule has 159 valence electrons. The number of methoxy groups -OCH3 is 1. The average Bonchev–Trinajstić information content (AvgIpc) is 2.76. The molecule has 0 saturated carbocycles. The monoisotopic (exact) mass is 417 g/mol. The van der Waals surface area contributed by atoms with Crippen LogP contribution in [0.25, 0.3) is 12.2 Å². The molecule has 0 atom stereocenters. The number of fused-ring (bicyclic) bond motifs is 1. The Hall–Kier alpha value is -3.60. The van der Waals surface area contributed by atoms with Crippen LogP contribution in [0.5, 0.6) is 17.2 Å². The van der Waals surface area contributed by atoms with Gasteiger partial charge in [0.05, 0.1) is 12.7 Å². The number of allylic oxidation sites excluding steroid dienone is 2. The maximum atomic E-state index is 13.2. The van der Waals surface area contributed by atoms with E-state index >= 15 is 0 Å². The minimum absolute atomic E-state index is 0.114. The number of rotatable bonds is 6. The summed E-state index contributed by atoms with van der Waals surface area (Å²) in [7, 11) is 1.46. The Morgan fingerprint density at radius 3 is 2.55 bits per heavy atom. The summed E-state index contributed by atoms with van der Waals surface area (Å²) in [4.78, 5) is 25.8. The van der Waals surface area contributed by atoms with Crippen LogP contribution in [0.4, 0.5) is 0 Å². The molecule has 31 heavy (non-hydrogen) atoms. The lowest BCUT2D eigenvalue weighted by molar-refractivity contribution is -0.130. The number of ketones is 1. The molecule has 1 radical (unpaired) electrons. The Morgan fingerprint density at radius 1 is 1.19 bits per heavy atom. The smallest absolute Gasteiger partial charge is 0.338 e. The first-order valence-electron chi connectivity index (χ1n) is 9.92. The summed E-state index contributed by atoms with van der Waals surface area (Å²) < 4.78 is 17.2. The second-order valence-electron chi connectivity index (χ2n) is 7.63. The highest BCUT2D eigenvalue weighted by Crippen LogP contribution is 2.44. The van der Waals surface area contributed by atoms with Gasteiger partial charge in [-0.05, 0) is 57.6 Å². The molecular weight excluding hydrogens is 392 g/mol. The summed E-state index contributed by atoms with van der Waals surface area (Å²) in [6.45, 7) is 7.22. The average molecular weight is 417 g/mol. The second-order valence-corrected chi connectivity index (χ2v) is 7.63. The lowest BCUT2D eigenvalue weighted by atomic mass is 9.96. The molecule has 2 aromatic carbocycles. The van der Waals surface area contributed by atoms with Crippen molar-refractivity contribution in [1.82, 2.24) is 0 Å². The van der Waals surface area contributed by atoms with Crippen molar-refractivity contribution in [3.63, 3.8) is 0 Å². The minimum atomic E-state index is -0.548. The zero-order chi connectivity index (χ0) is 22.6. The largest absolute Gasteiger partial charge is 0.496 e. The van der Waals surface area contributed by atoms with Crippen molar-refractivity contribution in [2.24, 2.45) is 0 Å². The van der Waals surface area contributed by atoms with Gasteiger partial charge in [-0.3, -0.25) is 4.79 Å². The quantitative estimate of drug-likeness (QED) is 0.271. The molecule has 0 fully saturated rings.